The molecule has 0 fully saturated rings. The van der Waals surface area contributed by atoms with Gasteiger partial charge in [-0.15, -0.1) is 5.10 Å². The molecule has 0 aliphatic heterocycles. The number of halogens is 2. The predicted molar refractivity (Wildman–Crippen MR) is 90.5 cm³/mol. The molecule has 0 radical (unpaired) electrons. The maximum atomic E-state index is 14.3. The quantitative estimate of drug-likeness (QED) is 0.659. The van der Waals surface area contributed by atoms with Gasteiger partial charge in [0.05, 0.1) is 17.0 Å². The van der Waals surface area contributed by atoms with Gasteiger partial charge in [-0.25, -0.2) is 4.39 Å². The number of unbranched alkanes of at least 4 members (excludes halogenated alkanes) is 1. The minimum absolute atomic E-state index is 0.0471. The summed E-state index contributed by atoms with van der Waals surface area (Å²) in [5, 5.41) is 8.28. The lowest BCUT2D eigenvalue weighted by molar-refractivity contribution is 0.309. The largest absolute Gasteiger partial charge is 0.492 e. The van der Waals surface area contributed by atoms with Gasteiger partial charge in [-0.3, -0.25) is 4.79 Å². The molecule has 3 rings (SSSR count). The Kier molecular flexibility index (Phi) is 4.76. The molecule has 0 bridgehead atoms. The van der Waals surface area contributed by atoms with Crippen LogP contribution in [0.4, 0.5) is 4.39 Å². The third-order valence-electron chi connectivity index (χ3n) is 3.55. The molecule has 7 heteroatoms. The molecule has 0 amide bonds. The molecule has 124 valence electrons. The van der Waals surface area contributed by atoms with E-state index < -0.39 is 11.4 Å². The normalized spacial score (nSPS) is 11.0. The van der Waals surface area contributed by atoms with Crippen LogP contribution in [0.1, 0.15) is 19.8 Å². The van der Waals surface area contributed by atoms with Crippen molar-refractivity contribution in [3.05, 3.63) is 57.6 Å². The fourth-order valence-electron chi connectivity index (χ4n) is 2.26. The van der Waals surface area contributed by atoms with Crippen molar-refractivity contribution in [2.75, 3.05) is 6.61 Å². The van der Waals surface area contributed by atoms with Gasteiger partial charge in [0.25, 0.3) is 5.56 Å². The maximum Gasteiger partial charge on any atom is 0.282 e. The second-order valence-corrected chi connectivity index (χ2v) is 5.67. The number of benzene rings is 2. The lowest BCUT2D eigenvalue weighted by atomic mass is 10.2. The van der Waals surface area contributed by atoms with Crippen molar-refractivity contribution in [1.82, 2.24) is 15.0 Å². The van der Waals surface area contributed by atoms with Crippen molar-refractivity contribution in [2.24, 2.45) is 0 Å². The van der Waals surface area contributed by atoms with Crippen LogP contribution in [0, 0.1) is 5.82 Å². The number of ether oxygens (including phenoxy) is 1. The third kappa shape index (κ3) is 3.10. The van der Waals surface area contributed by atoms with Gasteiger partial charge in [0, 0.05) is 6.07 Å². The van der Waals surface area contributed by atoms with Crippen molar-refractivity contribution >= 4 is 22.5 Å². The number of nitrogens with zero attached hydrogens (tertiary/aromatic N) is 3. The number of fused-ring (bicyclic) bond motifs is 1. The molecule has 0 saturated carbocycles. The van der Waals surface area contributed by atoms with Crippen LogP contribution in [0.2, 0.25) is 5.02 Å². The van der Waals surface area contributed by atoms with Crippen molar-refractivity contribution in [3.8, 4) is 11.4 Å². The summed E-state index contributed by atoms with van der Waals surface area (Å²) in [6, 6.07) is 9.25. The molecule has 0 atom stereocenters. The first-order valence-corrected chi connectivity index (χ1v) is 7.96. The first kappa shape index (κ1) is 16.4. The summed E-state index contributed by atoms with van der Waals surface area (Å²) < 4.78 is 20.8. The Balaban J connectivity index is 2.10. The molecule has 1 heterocycles. The van der Waals surface area contributed by atoms with Crippen molar-refractivity contribution < 1.29 is 9.13 Å². The van der Waals surface area contributed by atoms with E-state index in [9.17, 15) is 9.18 Å². The summed E-state index contributed by atoms with van der Waals surface area (Å²) >= 11 is 6.01. The minimum Gasteiger partial charge on any atom is -0.492 e. The van der Waals surface area contributed by atoms with Crippen LogP contribution < -0.4 is 10.3 Å². The average molecular weight is 348 g/mol. The second-order valence-electron chi connectivity index (χ2n) is 5.26. The van der Waals surface area contributed by atoms with E-state index in [2.05, 4.69) is 10.3 Å². The summed E-state index contributed by atoms with van der Waals surface area (Å²) in [4.78, 5) is 12.6. The topological polar surface area (TPSA) is 57.0 Å². The molecule has 0 N–H and O–H groups in total. The van der Waals surface area contributed by atoms with E-state index in [1.54, 1.807) is 24.3 Å². The first-order valence-electron chi connectivity index (χ1n) is 7.58. The van der Waals surface area contributed by atoms with Gasteiger partial charge in [0.2, 0.25) is 0 Å². The molecular weight excluding hydrogens is 333 g/mol. The molecule has 1 aromatic heterocycles. The van der Waals surface area contributed by atoms with E-state index >= 15 is 0 Å². The lowest BCUT2D eigenvalue weighted by Gasteiger charge is -2.11. The third-order valence-corrected chi connectivity index (χ3v) is 3.85. The van der Waals surface area contributed by atoms with Gasteiger partial charge in [-0.05, 0) is 24.6 Å². The lowest BCUT2D eigenvalue weighted by Crippen LogP contribution is -2.23. The molecule has 5 nitrogen and oxygen atoms in total. The maximum absolute atomic E-state index is 14.3. The van der Waals surface area contributed by atoms with E-state index in [0.717, 1.165) is 23.6 Å². The molecule has 24 heavy (non-hydrogen) atoms. The van der Waals surface area contributed by atoms with Crippen molar-refractivity contribution in [3.63, 3.8) is 0 Å². The molecule has 0 unspecified atom stereocenters. The van der Waals surface area contributed by atoms with Gasteiger partial charge in [-0.1, -0.05) is 42.3 Å². The standard InChI is InChI=1S/C17H15ClFN3O2/c1-2-3-8-24-16-10-15(13(19)9-12(16)18)22-17(23)11-6-4-5-7-14(11)20-21-22/h4-7,9-10H,2-3,8H2,1H3. The van der Waals surface area contributed by atoms with E-state index in [0.29, 0.717) is 23.3 Å². The van der Waals surface area contributed by atoms with E-state index in [4.69, 9.17) is 16.3 Å². The summed E-state index contributed by atoms with van der Waals surface area (Å²) in [5.41, 5.74) is -0.0528. The van der Waals surface area contributed by atoms with E-state index in [1.165, 1.54) is 6.07 Å². The van der Waals surface area contributed by atoms with Crippen LogP contribution in [0.3, 0.4) is 0 Å². The molecule has 3 aromatic rings. The highest BCUT2D eigenvalue weighted by molar-refractivity contribution is 6.32. The second kappa shape index (κ2) is 6.97. The zero-order chi connectivity index (χ0) is 17.1. The highest BCUT2D eigenvalue weighted by Crippen LogP contribution is 2.29. The van der Waals surface area contributed by atoms with Gasteiger partial charge in [0.1, 0.15) is 17.0 Å². The molecule has 0 saturated heterocycles. The Labute approximate surface area is 142 Å². The SMILES string of the molecule is CCCCOc1cc(-n2nnc3ccccc3c2=O)c(F)cc1Cl. The van der Waals surface area contributed by atoms with Gasteiger partial charge in [0.15, 0.2) is 5.82 Å². The Morgan fingerprint density at radius 1 is 1.29 bits per heavy atom. The summed E-state index contributed by atoms with van der Waals surface area (Å²) in [6.07, 6.45) is 1.81. The van der Waals surface area contributed by atoms with Gasteiger partial charge < -0.3 is 4.74 Å². The van der Waals surface area contributed by atoms with Gasteiger partial charge in [-0.2, -0.15) is 4.68 Å². The summed E-state index contributed by atoms with van der Waals surface area (Å²) in [6.45, 7) is 2.49. The number of hydrogen-bond donors (Lipinski definition) is 0. The molecule has 0 aliphatic rings. The fourth-order valence-corrected chi connectivity index (χ4v) is 2.47. The summed E-state index contributed by atoms with van der Waals surface area (Å²) in [7, 11) is 0. The van der Waals surface area contributed by atoms with Crippen molar-refractivity contribution in [1.29, 1.82) is 0 Å². The first-order chi connectivity index (χ1) is 11.6. The minimum atomic E-state index is -0.672. The van der Waals surface area contributed by atoms with Gasteiger partial charge >= 0.3 is 0 Å². The monoisotopic (exact) mass is 347 g/mol. The number of hydrogen-bond acceptors (Lipinski definition) is 4. The van der Waals surface area contributed by atoms with E-state index in [1.807, 2.05) is 6.92 Å². The highest BCUT2D eigenvalue weighted by Gasteiger charge is 2.15. The predicted octanol–water partition coefficient (Wildman–Crippen LogP) is 3.75. The van der Waals surface area contributed by atoms with Crippen LogP contribution in [-0.4, -0.2) is 21.6 Å². The zero-order valence-corrected chi connectivity index (χ0v) is 13.8. The van der Waals surface area contributed by atoms with Crippen LogP contribution in [-0.2, 0) is 0 Å². The average Bonchev–Trinajstić information content (AvgIpc) is 2.58. The van der Waals surface area contributed by atoms with Crippen LogP contribution in [0.5, 0.6) is 5.75 Å². The number of aromatic nitrogens is 3. The van der Waals surface area contributed by atoms with E-state index in [-0.39, 0.29) is 10.7 Å². The molecule has 0 aliphatic carbocycles. The molecular formula is C17H15ClFN3O2. The summed E-state index contributed by atoms with van der Waals surface area (Å²) in [5.74, 6) is -0.363. The fraction of sp³-hybridized carbons (Fsp3) is 0.235. The Morgan fingerprint density at radius 2 is 2.08 bits per heavy atom. The smallest absolute Gasteiger partial charge is 0.282 e. The van der Waals surface area contributed by atoms with Crippen LogP contribution >= 0.6 is 11.6 Å². The number of rotatable bonds is 5. The highest BCUT2D eigenvalue weighted by atomic mass is 35.5. The Hall–Kier alpha value is -2.47. The molecule has 2 aromatic carbocycles. The molecule has 0 spiro atoms. The van der Waals surface area contributed by atoms with Crippen LogP contribution in [0.25, 0.3) is 16.6 Å². The Morgan fingerprint density at radius 3 is 2.88 bits per heavy atom. The van der Waals surface area contributed by atoms with Crippen molar-refractivity contribution in [2.45, 2.75) is 19.8 Å². The zero-order valence-electron chi connectivity index (χ0n) is 13.0. The van der Waals surface area contributed by atoms with Crippen LogP contribution in [0.15, 0.2) is 41.2 Å². The Bertz CT molecular complexity index is 943.